The molecule has 0 saturated heterocycles. The lowest BCUT2D eigenvalue weighted by Crippen LogP contribution is -2.10. The third-order valence-corrected chi connectivity index (χ3v) is 3.93. The van der Waals surface area contributed by atoms with Crippen LogP contribution in [0, 0.1) is 13.8 Å². The first-order valence-electron chi connectivity index (χ1n) is 4.32. The highest BCUT2D eigenvalue weighted by molar-refractivity contribution is 9.10. The molecular formula is C9H6BrF3N2S. The summed E-state index contributed by atoms with van der Waals surface area (Å²) in [6.45, 7) is 3.01. The van der Waals surface area contributed by atoms with Crippen molar-refractivity contribution in [3.05, 3.63) is 21.2 Å². The fourth-order valence-electron chi connectivity index (χ4n) is 1.59. The second-order valence-corrected chi connectivity index (χ2v) is 4.72. The lowest BCUT2D eigenvalue weighted by Gasteiger charge is -2.14. The Morgan fingerprint density at radius 1 is 1.06 bits per heavy atom. The fraction of sp³-hybridized carbons (Fsp3) is 0.333. The summed E-state index contributed by atoms with van der Waals surface area (Å²) in [4.78, 5) is 0. The molecule has 0 bridgehead atoms. The minimum absolute atomic E-state index is 0.0534. The van der Waals surface area contributed by atoms with Gasteiger partial charge in [-0.05, 0) is 40.9 Å². The molecule has 0 saturated carbocycles. The van der Waals surface area contributed by atoms with Crippen molar-refractivity contribution in [1.29, 1.82) is 0 Å². The number of aryl methyl sites for hydroxylation is 2. The van der Waals surface area contributed by atoms with Gasteiger partial charge in [-0.3, -0.25) is 0 Å². The zero-order valence-electron chi connectivity index (χ0n) is 8.31. The molecule has 7 heteroatoms. The molecule has 1 aromatic carbocycles. The molecule has 86 valence electrons. The van der Waals surface area contributed by atoms with Crippen molar-refractivity contribution in [2.24, 2.45) is 0 Å². The fourth-order valence-corrected chi connectivity index (χ4v) is 2.95. The summed E-state index contributed by atoms with van der Waals surface area (Å²) >= 11 is 3.91. The number of rotatable bonds is 0. The van der Waals surface area contributed by atoms with E-state index >= 15 is 0 Å². The van der Waals surface area contributed by atoms with Gasteiger partial charge in [0, 0.05) is 4.47 Å². The SMILES string of the molecule is Cc1c(Br)c(C(F)(F)F)c(C)c2nsnc12. The van der Waals surface area contributed by atoms with Gasteiger partial charge in [0.2, 0.25) is 0 Å². The van der Waals surface area contributed by atoms with Crippen molar-refractivity contribution < 1.29 is 13.2 Å². The second kappa shape index (κ2) is 3.66. The maximum Gasteiger partial charge on any atom is 0.417 e. The Bertz CT molecular complexity index is 562. The highest BCUT2D eigenvalue weighted by Gasteiger charge is 2.37. The molecular weight excluding hydrogens is 305 g/mol. The lowest BCUT2D eigenvalue weighted by molar-refractivity contribution is -0.138. The highest BCUT2D eigenvalue weighted by Crippen LogP contribution is 2.42. The van der Waals surface area contributed by atoms with Gasteiger partial charge in [0.25, 0.3) is 0 Å². The van der Waals surface area contributed by atoms with E-state index in [4.69, 9.17) is 0 Å². The topological polar surface area (TPSA) is 25.8 Å². The number of benzene rings is 1. The summed E-state index contributed by atoms with van der Waals surface area (Å²) in [5.41, 5.74) is 0.793. The number of hydrogen-bond acceptors (Lipinski definition) is 3. The summed E-state index contributed by atoms with van der Waals surface area (Å²) < 4.78 is 46.5. The normalized spacial score (nSPS) is 12.4. The van der Waals surface area contributed by atoms with Gasteiger partial charge < -0.3 is 0 Å². The van der Waals surface area contributed by atoms with Crippen molar-refractivity contribution in [3.8, 4) is 0 Å². The predicted molar refractivity (Wildman–Crippen MR) is 59.6 cm³/mol. The summed E-state index contributed by atoms with van der Waals surface area (Å²) in [6, 6.07) is 0. The Morgan fingerprint density at radius 2 is 1.56 bits per heavy atom. The van der Waals surface area contributed by atoms with E-state index in [1.54, 1.807) is 6.92 Å². The van der Waals surface area contributed by atoms with Crippen LogP contribution in [-0.4, -0.2) is 8.75 Å². The Morgan fingerprint density at radius 3 is 2.06 bits per heavy atom. The molecule has 0 amide bonds. The molecule has 2 nitrogen and oxygen atoms in total. The van der Waals surface area contributed by atoms with Crippen LogP contribution < -0.4 is 0 Å². The summed E-state index contributed by atoms with van der Waals surface area (Å²) in [5, 5.41) is 0. The highest BCUT2D eigenvalue weighted by atomic mass is 79.9. The minimum Gasteiger partial charge on any atom is -0.173 e. The van der Waals surface area contributed by atoms with Crippen LogP contribution in [0.15, 0.2) is 4.47 Å². The van der Waals surface area contributed by atoms with E-state index < -0.39 is 11.7 Å². The number of alkyl halides is 3. The number of nitrogens with zero attached hydrogens (tertiary/aromatic N) is 2. The van der Waals surface area contributed by atoms with E-state index in [1.165, 1.54) is 6.92 Å². The van der Waals surface area contributed by atoms with Crippen molar-refractivity contribution in [2.75, 3.05) is 0 Å². The number of hydrogen-bond donors (Lipinski definition) is 0. The molecule has 1 heterocycles. The van der Waals surface area contributed by atoms with E-state index in [-0.39, 0.29) is 10.0 Å². The van der Waals surface area contributed by atoms with Gasteiger partial charge in [0.05, 0.1) is 17.3 Å². The number of fused-ring (bicyclic) bond motifs is 1. The third-order valence-electron chi connectivity index (χ3n) is 2.41. The zero-order valence-corrected chi connectivity index (χ0v) is 10.7. The van der Waals surface area contributed by atoms with E-state index in [0.717, 1.165) is 11.7 Å². The molecule has 16 heavy (non-hydrogen) atoms. The van der Waals surface area contributed by atoms with Crippen LogP contribution in [0.5, 0.6) is 0 Å². The van der Waals surface area contributed by atoms with Crippen LogP contribution in [0.25, 0.3) is 11.0 Å². The maximum atomic E-state index is 12.8. The van der Waals surface area contributed by atoms with E-state index in [2.05, 4.69) is 24.7 Å². The van der Waals surface area contributed by atoms with E-state index in [0.29, 0.717) is 16.6 Å². The van der Waals surface area contributed by atoms with Gasteiger partial charge in [-0.2, -0.15) is 21.9 Å². The minimum atomic E-state index is -4.38. The van der Waals surface area contributed by atoms with Gasteiger partial charge in [0.15, 0.2) is 0 Å². The first-order chi connectivity index (χ1) is 7.34. The molecule has 0 atom stereocenters. The van der Waals surface area contributed by atoms with Crippen LogP contribution >= 0.6 is 27.7 Å². The molecule has 0 aliphatic heterocycles. The molecule has 0 unspecified atom stereocenters. The first kappa shape index (κ1) is 11.8. The number of aromatic nitrogens is 2. The smallest absolute Gasteiger partial charge is 0.173 e. The van der Waals surface area contributed by atoms with Crippen LogP contribution in [-0.2, 0) is 6.18 Å². The maximum absolute atomic E-state index is 12.8. The van der Waals surface area contributed by atoms with Crippen molar-refractivity contribution in [1.82, 2.24) is 8.75 Å². The molecule has 0 aliphatic rings. The summed E-state index contributed by atoms with van der Waals surface area (Å²) in [7, 11) is 0. The largest absolute Gasteiger partial charge is 0.417 e. The summed E-state index contributed by atoms with van der Waals surface area (Å²) in [6.07, 6.45) is -4.38. The van der Waals surface area contributed by atoms with Gasteiger partial charge in [0.1, 0.15) is 11.0 Å². The molecule has 0 fully saturated rings. The van der Waals surface area contributed by atoms with Crippen LogP contribution in [0.3, 0.4) is 0 Å². The van der Waals surface area contributed by atoms with Crippen LogP contribution in [0.2, 0.25) is 0 Å². The molecule has 1 aromatic heterocycles. The molecule has 0 radical (unpaired) electrons. The quantitative estimate of drug-likeness (QED) is 0.732. The molecule has 2 aromatic rings. The average molecular weight is 311 g/mol. The molecule has 0 aliphatic carbocycles. The molecule has 0 spiro atoms. The van der Waals surface area contributed by atoms with E-state index in [9.17, 15) is 13.2 Å². The second-order valence-electron chi connectivity index (χ2n) is 3.40. The van der Waals surface area contributed by atoms with Crippen molar-refractivity contribution in [2.45, 2.75) is 20.0 Å². The number of halogens is 4. The van der Waals surface area contributed by atoms with Gasteiger partial charge in [-0.25, -0.2) is 0 Å². The zero-order chi connectivity index (χ0) is 12.1. The Balaban J connectivity index is 2.94. The van der Waals surface area contributed by atoms with Crippen molar-refractivity contribution >= 4 is 38.7 Å². The molecule has 2 rings (SSSR count). The summed E-state index contributed by atoms with van der Waals surface area (Å²) in [5.74, 6) is 0. The van der Waals surface area contributed by atoms with Gasteiger partial charge in [-0.1, -0.05) is 0 Å². The Hall–Kier alpha value is -0.690. The van der Waals surface area contributed by atoms with Crippen molar-refractivity contribution in [3.63, 3.8) is 0 Å². The van der Waals surface area contributed by atoms with Crippen LogP contribution in [0.4, 0.5) is 13.2 Å². The lowest BCUT2D eigenvalue weighted by atomic mass is 10.0. The van der Waals surface area contributed by atoms with Gasteiger partial charge in [-0.15, -0.1) is 0 Å². The predicted octanol–water partition coefficient (Wildman–Crippen LogP) is 4.09. The Labute approximate surface area is 102 Å². The van der Waals surface area contributed by atoms with Crippen LogP contribution in [0.1, 0.15) is 16.7 Å². The Kier molecular flexibility index (Phi) is 2.70. The van der Waals surface area contributed by atoms with Gasteiger partial charge >= 0.3 is 6.18 Å². The standard InChI is InChI=1S/C9H6BrF3N2S/c1-3-5(9(11,12)13)6(10)4(2)8-7(3)14-16-15-8/h1-2H3. The monoisotopic (exact) mass is 310 g/mol. The molecule has 0 N–H and O–H groups in total. The van der Waals surface area contributed by atoms with E-state index in [1.807, 2.05) is 0 Å². The first-order valence-corrected chi connectivity index (χ1v) is 5.84. The third kappa shape index (κ3) is 1.62. The average Bonchev–Trinajstić information content (AvgIpc) is 2.61.